The molecule has 1 N–H and O–H groups in total. The average molecular weight is 422 g/mol. The average Bonchev–Trinajstić information content (AvgIpc) is 3.12. The molecular formula is C23H20ClN3O3. The number of ether oxygens (including phenoxy) is 1. The zero-order valence-electron chi connectivity index (χ0n) is 16.6. The van der Waals surface area contributed by atoms with Gasteiger partial charge < -0.3 is 4.74 Å². The van der Waals surface area contributed by atoms with Crippen molar-refractivity contribution in [3.63, 3.8) is 0 Å². The summed E-state index contributed by atoms with van der Waals surface area (Å²) in [7, 11) is 0. The fourth-order valence-corrected chi connectivity index (χ4v) is 3.60. The summed E-state index contributed by atoms with van der Waals surface area (Å²) >= 11 is 6.07. The van der Waals surface area contributed by atoms with Crippen LogP contribution >= 0.6 is 11.6 Å². The van der Waals surface area contributed by atoms with Crippen LogP contribution in [0.5, 0.6) is 0 Å². The number of rotatable bonds is 5. The predicted molar refractivity (Wildman–Crippen MR) is 117 cm³/mol. The number of carbonyl (C=O) groups is 1. The van der Waals surface area contributed by atoms with Crippen LogP contribution in [0.15, 0.2) is 59.4 Å². The maximum Gasteiger partial charge on any atom is 0.310 e. The lowest BCUT2D eigenvalue weighted by molar-refractivity contribution is -0.142. The first kappa shape index (κ1) is 19.9. The SMILES string of the molecule is CCOC(=O)Cc1c(C)nc2c(-c3ccc(Cl)cc3)c(-c3ccccc3)[nH]n2c1=O. The van der Waals surface area contributed by atoms with Gasteiger partial charge in [-0.3, -0.25) is 14.7 Å². The summed E-state index contributed by atoms with van der Waals surface area (Å²) in [4.78, 5) is 29.9. The van der Waals surface area contributed by atoms with Crippen molar-refractivity contribution in [3.05, 3.63) is 81.2 Å². The fraction of sp³-hybridized carbons (Fsp3) is 0.174. The summed E-state index contributed by atoms with van der Waals surface area (Å²) < 4.78 is 6.41. The molecule has 0 radical (unpaired) electrons. The molecule has 30 heavy (non-hydrogen) atoms. The highest BCUT2D eigenvalue weighted by Gasteiger charge is 2.21. The van der Waals surface area contributed by atoms with Gasteiger partial charge in [0.2, 0.25) is 0 Å². The maximum atomic E-state index is 13.2. The normalized spacial score (nSPS) is 11.0. The smallest absolute Gasteiger partial charge is 0.310 e. The zero-order chi connectivity index (χ0) is 21.3. The van der Waals surface area contributed by atoms with Crippen molar-refractivity contribution >= 4 is 23.2 Å². The Kier molecular flexibility index (Phi) is 5.42. The van der Waals surface area contributed by atoms with E-state index in [1.165, 1.54) is 4.52 Å². The molecule has 2 aromatic carbocycles. The number of aromatic nitrogens is 3. The lowest BCUT2D eigenvalue weighted by Crippen LogP contribution is -2.24. The van der Waals surface area contributed by atoms with Crippen molar-refractivity contribution in [2.24, 2.45) is 0 Å². The van der Waals surface area contributed by atoms with Gasteiger partial charge in [-0.25, -0.2) is 9.50 Å². The van der Waals surface area contributed by atoms with E-state index in [1.54, 1.807) is 26.0 Å². The molecule has 0 bridgehead atoms. The van der Waals surface area contributed by atoms with Crippen LogP contribution < -0.4 is 5.56 Å². The van der Waals surface area contributed by atoms with E-state index in [-0.39, 0.29) is 18.6 Å². The number of benzene rings is 2. The highest BCUT2D eigenvalue weighted by molar-refractivity contribution is 6.30. The predicted octanol–water partition coefficient (Wildman–Crippen LogP) is 4.42. The van der Waals surface area contributed by atoms with Crippen LogP contribution in [0.4, 0.5) is 0 Å². The standard InChI is InChI=1S/C23H20ClN3O3/c1-3-30-19(28)13-18-14(2)25-22-20(15-9-11-17(24)12-10-15)21(26-27(22)23(18)29)16-7-5-4-6-8-16/h4-12,26H,3,13H2,1-2H3. The molecule has 0 amide bonds. The van der Waals surface area contributed by atoms with Gasteiger partial charge in [0.25, 0.3) is 5.56 Å². The second-order valence-electron chi connectivity index (χ2n) is 6.86. The summed E-state index contributed by atoms with van der Waals surface area (Å²) in [5.74, 6) is -0.452. The van der Waals surface area contributed by atoms with Crippen molar-refractivity contribution in [1.29, 1.82) is 0 Å². The second kappa shape index (κ2) is 8.16. The first-order valence-electron chi connectivity index (χ1n) is 9.60. The van der Waals surface area contributed by atoms with E-state index in [9.17, 15) is 9.59 Å². The van der Waals surface area contributed by atoms with Crippen molar-refractivity contribution < 1.29 is 9.53 Å². The van der Waals surface area contributed by atoms with Crippen LogP contribution in [0.2, 0.25) is 5.02 Å². The number of hydrogen-bond donors (Lipinski definition) is 1. The molecule has 2 aromatic heterocycles. The zero-order valence-corrected chi connectivity index (χ0v) is 17.4. The Morgan fingerprint density at radius 3 is 2.47 bits per heavy atom. The van der Waals surface area contributed by atoms with Crippen molar-refractivity contribution in [3.8, 4) is 22.4 Å². The number of aryl methyl sites for hydroxylation is 1. The summed E-state index contributed by atoms with van der Waals surface area (Å²) in [6, 6.07) is 17.1. The number of aromatic amines is 1. The lowest BCUT2D eigenvalue weighted by atomic mass is 10.0. The molecule has 4 rings (SSSR count). The minimum atomic E-state index is -0.452. The van der Waals surface area contributed by atoms with E-state index >= 15 is 0 Å². The maximum absolute atomic E-state index is 13.2. The quantitative estimate of drug-likeness (QED) is 0.484. The molecule has 0 saturated carbocycles. The molecule has 0 atom stereocenters. The van der Waals surface area contributed by atoms with Crippen LogP contribution in [-0.2, 0) is 16.0 Å². The van der Waals surface area contributed by atoms with Gasteiger partial charge >= 0.3 is 5.97 Å². The van der Waals surface area contributed by atoms with E-state index in [0.717, 1.165) is 22.4 Å². The van der Waals surface area contributed by atoms with Gasteiger partial charge in [0.05, 0.1) is 29.8 Å². The molecule has 0 spiro atoms. The summed E-state index contributed by atoms with van der Waals surface area (Å²) in [5, 5.41) is 3.81. The summed E-state index contributed by atoms with van der Waals surface area (Å²) in [6.07, 6.45) is -0.121. The number of esters is 1. The molecule has 7 heteroatoms. The topological polar surface area (TPSA) is 76.5 Å². The van der Waals surface area contributed by atoms with Crippen molar-refractivity contribution in [2.75, 3.05) is 6.61 Å². The van der Waals surface area contributed by atoms with Gasteiger partial charge in [0, 0.05) is 16.3 Å². The number of nitrogens with one attached hydrogen (secondary N) is 1. The highest BCUT2D eigenvalue weighted by atomic mass is 35.5. The molecule has 4 aromatic rings. The molecule has 0 aliphatic carbocycles. The summed E-state index contributed by atoms with van der Waals surface area (Å²) in [5.41, 5.74) is 4.33. The number of nitrogens with zero attached hydrogens (tertiary/aromatic N) is 2. The van der Waals surface area contributed by atoms with E-state index < -0.39 is 5.97 Å². The van der Waals surface area contributed by atoms with Crippen LogP contribution in [0, 0.1) is 6.92 Å². The molecule has 152 valence electrons. The highest BCUT2D eigenvalue weighted by Crippen LogP contribution is 2.34. The van der Waals surface area contributed by atoms with E-state index in [4.69, 9.17) is 16.3 Å². The minimum Gasteiger partial charge on any atom is -0.466 e. The Bertz CT molecular complexity index is 1280. The Morgan fingerprint density at radius 1 is 1.10 bits per heavy atom. The largest absolute Gasteiger partial charge is 0.466 e. The van der Waals surface area contributed by atoms with Gasteiger partial charge in [-0.15, -0.1) is 0 Å². The first-order chi connectivity index (χ1) is 14.5. The first-order valence-corrected chi connectivity index (χ1v) is 9.98. The lowest BCUT2D eigenvalue weighted by Gasteiger charge is -2.07. The number of hydrogen-bond acceptors (Lipinski definition) is 4. The minimum absolute atomic E-state index is 0.121. The summed E-state index contributed by atoms with van der Waals surface area (Å²) in [6.45, 7) is 3.72. The van der Waals surface area contributed by atoms with Gasteiger partial charge in [-0.1, -0.05) is 54.1 Å². The Morgan fingerprint density at radius 2 is 1.80 bits per heavy atom. The Balaban J connectivity index is 1.99. The molecule has 0 saturated heterocycles. The molecular weight excluding hydrogens is 402 g/mol. The van der Waals surface area contributed by atoms with Gasteiger partial charge in [-0.2, -0.15) is 0 Å². The van der Waals surface area contributed by atoms with Crippen molar-refractivity contribution in [1.82, 2.24) is 14.6 Å². The number of halogens is 1. The Hall–Kier alpha value is -3.38. The molecule has 6 nitrogen and oxygen atoms in total. The monoisotopic (exact) mass is 421 g/mol. The van der Waals surface area contributed by atoms with Gasteiger partial charge in [0.1, 0.15) is 0 Å². The van der Waals surface area contributed by atoms with Gasteiger partial charge in [-0.05, 0) is 31.5 Å². The van der Waals surface area contributed by atoms with Crippen molar-refractivity contribution in [2.45, 2.75) is 20.3 Å². The molecule has 0 fully saturated rings. The van der Waals surface area contributed by atoms with E-state index in [1.807, 2.05) is 42.5 Å². The molecule has 0 unspecified atom stereocenters. The number of fused-ring (bicyclic) bond motifs is 1. The van der Waals surface area contributed by atoms with Gasteiger partial charge in [0.15, 0.2) is 5.65 Å². The third kappa shape index (κ3) is 3.62. The number of H-pyrrole nitrogens is 1. The van der Waals surface area contributed by atoms with Crippen LogP contribution in [-0.4, -0.2) is 27.2 Å². The molecule has 2 heterocycles. The molecule has 0 aliphatic rings. The third-order valence-electron chi connectivity index (χ3n) is 4.90. The second-order valence-corrected chi connectivity index (χ2v) is 7.29. The third-order valence-corrected chi connectivity index (χ3v) is 5.15. The molecule has 0 aliphatic heterocycles. The number of carbonyl (C=O) groups excluding carboxylic acids is 1. The van der Waals surface area contributed by atoms with E-state index in [0.29, 0.717) is 21.9 Å². The van der Waals surface area contributed by atoms with Crippen LogP contribution in [0.25, 0.3) is 28.0 Å². The van der Waals surface area contributed by atoms with E-state index in [2.05, 4.69) is 10.1 Å². The van der Waals surface area contributed by atoms with Crippen LogP contribution in [0.3, 0.4) is 0 Å². The van der Waals surface area contributed by atoms with Crippen LogP contribution in [0.1, 0.15) is 18.2 Å². The fourth-order valence-electron chi connectivity index (χ4n) is 3.48. The Labute approximate surface area is 178 Å².